The lowest BCUT2D eigenvalue weighted by Gasteiger charge is -2.13. The minimum Gasteiger partial charge on any atom is -0.461 e. The van der Waals surface area contributed by atoms with Gasteiger partial charge in [-0.3, -0.25) is 0 Å². The summed E-state index contributed by atoms with van der Waals surface area (Å²) in [6.07, 6.45) is -0.0295. The third-order valence-corrected chi connectivity index (χ3v) is 3.75. The van der Waals surface area contributed by atoms with Gasteiger partial charge in [-0.05, 0) is 32.9 Å². The molecule has 20 heavy (non-hydrogen) atoms. The molecular formula is C12H16ClN5OS. The molecule has 0 spiro atoms. The van der Waals surface area contributed by atoms with Crippen LogP contribution in [0.2, 0.25) is 4.34 Å². The van der Waals surface area contributed by atoms with Gasteiger partial charge in [0.05, 0.1) is 16.5 Å². The summed E-state index contributed by atoms with van der Waals surface area (Å²) in [6.45, 7) is 5.78. The van der Waals surface area contributed by atoms with Gasteiger partial charge in [0.2, 0.25) is 11.9 Å². The first-order valence-corrected chi connectivity index (χ1v) is 7.33. The molecule has 0 fully saturated rings. The van der Waals surface area contributed by atoms with Gasteiger partial charge in [-0.2, -0.15) is 15.0 Å². The van der Waals surface area contributed by atoms with Gasteiger partial charge in [-0.1, -0.05) is 11.6 Å². The minimum atomic E-state index is -0.0295. The Balaban J connectivity index is 2.14. The number of ether oxygens (including phenoxy) is 1. The Morgan fingerprint density at radius 3 is 2.60 bits per heavy atom. The standard InChI is InChI=1S/C12H16ClN5OS/c1-6(2)19-12-17-10(14)16-11(18-12)15-7(3)8-4-5-9(13)20-8/h4-7H,1-3H3,(H3,14,15,16,17,18). The molecule has 0 amide bonds. The molecule has 2 rings (SSSR count). The summed E-state index contributed by atoms with van der Waals surface area (Å²) >= 11 is 7.43. The first-order valence-electron chi connectivity index (χ1n) is 6.14. The average Bonchev–Trinajstić information content (AvgIpc) is 2.74. The van der Waals surface area contributed by atoms with Crippen LogP contribution in [0.25, 0.3) is 0 Å². The number of nitrogens with one attached hydrogen (secondary N) is 1. The summed E-state index contributed by atoms with van der Waals surface area (Å²) in [5.41, 5.74) is 5.65. The van der Waals surface area contributed by atoms with Crippen molar-refractivity contribution in [2.45, 2.75) is 32.9 Å². The van der Waals surface area contributed by atoms with E-state index in [-0.39, 0.29) is 24.1 Å². The molecule has 0 aliphatic carbocycles. The van der Waals surface area contributed by atoms with E-state index in [1.807, 2.05) is 32.9 Å². The summed E-state index contributed by atoms with van der Waals surface area (Å²) < 4.78 is 6.17. The lowest BCUT2D eigenvalue weighted by molar-refractivity contribution is 0.222. The molecule has 108 valence electrons. The van der Waals surface area contributed by atoms with Crippen LogP contribution >= 0.6 is 22.9 Å². The first-order chi connectivity index (χ1) is 9.44. The highest BCUT2D eigenvalue weighted by Crippen LogP contribution is 2.28. The van der Waals surface area contributed by atoms with Crippen LogP contribution in [-0.4, -0.2) is 21.1 Å². The molecule has 0 radical (unpaired) electrons. The predicted octanol–water partition coefficient (Wildman–Crippen LogP) is 3.13. The van der Waals surface area contributed by atoms with Crippen molar-refractivity contribution in [3.63, 3.8) is 0 Å². The number of aromatic nitrogens is 3. The van der Waals surface area contributed by atoms with Gasteiger partial charge < -0.3 is 15.8 Å². The van der Waals surface area contributed by atoms with Crippen molar-refractivity contribution >= 4 is 34.8 Å². The smallest absolute Gasteiger partial charge is 0.323 e. The summed E-state index contributed by atoms with van der Waals surface area (Å²) in [5.74, 6) is 0.500. The average molecular weight is 314 g/mol. The Morgan fingerprint density at radius 1 is 1.25 bits per heavy atom. The fourth-order valence-electron chi connectivity index (χ4n) is 1.53. The molecule has 3 N–H and O–H groups in total. The molecule has 1 atom stereocenters. The zero-order valence-corrected chi connectivity index (χ0v) is 13.0. The Hall–Kier alpha value is -1.60. The number of anilines is 2. The molecular weight excluding hydrogens is 298 g/mol. The monoisotopic (exact) mass is 313 g/mol. The lowest BCUT2D eigenvalue weighted by Crippen LogP contribution is -2.14. The quantitative estimate of drug-likeness (QED) is 0.882. The number of rotatable bonds is 5. The third kappa shape index (κ3) is 3.94. The van der Waals surface area contributed by atoms with Gasteiger partial charge >= 0.3 is 6.01 Å². The molecule has 8 heteroatoms. The van der Waals surface area contributed by atoms with Gasteiger partial charge in [-0.25, -0.2) is 0 Å². The Morgan fingerprint density at radius 2 is 2.00 bits per heavy atom. The highest BCUT2D eigenvalue weighted by Gasteiger charge is 2.12. The molecule has 2 aromatic rings. The van der Waals surface area contributed by atoms with Crippen LogP contribution in [0.1, 0.15) is 31.7 Å². The third-order valence-electron chi connectivity index (χ3n) is 2.34. The Labute approximate surface area is 126 Å². The van der Waals surface area contributed by atoms with Gasteiger partial charge in [0.1, 0.15) is 0 Å². The molecule has 1 unspecified atom stereocenters. The number of nitrogen functional groups attached to an aromatic ring is 1. The van der Waals surface area contributed by atoms with Crippen molar-refractivity contribution in [2.75, 3.05) is 11.1 Å². The van der Waals surface area contributed by atoms with Crippen LogP contribution in [-0.2, 0) is 0 Å². The zero-order valence-electron chi connectivity index (χ0n) is 11.4. The molecule has 0 bridgehead atoms. The van der Waals surface area contributed by atoms with Crippen molar-refractivity contribution in [3.05, 3.63) is 21.3 Å². The molecule has 2 heterocycles. The predicted molar refractivity (Wildman–Crippen MR) is 81.4 cm³/mol. The van der Waals surface area contributed by atoms with Crippen LogP contribution in [0.5, 0.6) is 6.01 Å². The van der Waals surface area contributed by atoms with E-state index in [0.717, 1.165) is 9.21 Å². The van der Waals surface area contributed by atoms with E-state index < -0.39 is 0 Å². The largest absolute Gasteiger partial charge is 0.461 e. The van der Waals surface area contributed by atoms with E-state index in [9.17, 15) is 0 Å². The van der Waals surface area contributed by atoms with Gasteiger partial charge in [-0.15, -0.1) is 11.3 Å². The van der Waals surface area contributed by atoms with Gasteiger partial charge in [0.25, 0.3) is 0 Å². The molecule has 0 saturated heterocycles. The maximum atomic E-state index is 5.92. The maximum absolute atomic E-state index is 5.92. The van der Waals surface area contributed by atoms with Crippen LogP contribution in [0.15, 0.2) is 12.1 Å². The zero-order chi connectivity index (χ0) is 14.7. The number of thiophene rings is 1. The maximum Gasteiger partial charge on any atom is 0.323 e. The second kappa shape index (κ2) is 6.23. The normalized spacial score (nSPS) is 12.4. The summed E-state index contributed by atoms with van der Waals surface area (Å²) in [7, 11) is 0. The molecule has 2 aromatic heterocycles. The van der Waals surface area contributed by atoms with Gasteiger partial charge in [0.15, 0.2) is 0 Å². The van der Waals surface area contributed by atoms with Crippen LogP contribution in [0.3, 0.4) is 0 Å². The number of nitrogens with two attached hydrogens (primary N) is 1. The summed E-state index contributed by atoms with van der Waals surface area (Å²) in [5, 5.41) is 3.16. The molecule has 6 nitrogen and oxygen atoms in total. The first kappa shape index (κ1) is 14.8. The van der Waals surface area contributed by atoms with Gasteiger partial charge in [0, 0.05) is 4.88 Å². The van der Waals surface area contributed by atoms with E-state index in [4.69, 9.17) is 22.1 Å². The Kier molecular flexibility index (Phi) is 4.61. The van der Waals surface area contributed by atoms with E-state index in [0.29, 0.717) is 5.95 Å². The molecule has 0 aliphatic heterocycles. The van der Waals surface area contributed by atoms with Crippen molar-refractivity contribution in [1.29, 1.82) is 0 Å². The second-order valence-electron chi connectivity index (χ2n) is 4.47. The van der Waals surface area contributed by atoms with Crippen LogP contribution in [0, 0.1) is 0 Å². The number of hydrogen-bond donors (Lipinski definition) is 2. The van der Waals surface area contributed by atoms with E-state index in [2.05, 4.69) is 20.3 Å². The van der Waals surface area contributed by atoms with Crippen molar-refractivity contribution in [1.82, 2.24) is 15.0 Å². The van der Waals surface area contributed by atoms with Crippen molar-refractivity contribution in [2.24, 2.45) is 0 Å². The fourth-order valence-corrected chi connectivity index (χ4v) is 2.59. The molecule has 0 saturated carbocycles. The molecule has 0 aliphatic rings. The van der Waals surface area contributed by atoms with E-state index >= 15 is 0 Å². The fraction of sp³-hybridized carbons (Fsp3) is 0.417. The highest BCUT2D eigenvalue weighted by atomic mass is 35.5. The minimum absolute atomic E-state index is 0.0150. The number of hydrogen-bond acceptors (Lipinski definition) is 7. The van der Waals surface area contributed by atoms with Crippen LogP contribution < -0.4 is 15.8 Å². The van der Waals surface area contributed by atoms with E-state index in [1.54, 1.807) is 0 Å². The molecule has 0 aromatic carbocycles. The highest BCUT2D eigenvalue weighted by molar-refractivity contribution is 7.16. The van der Waals surface area contributed by atoms with Crippen molar-refractivity contribution < 1.29 is 4.74 Å². The second-order valence-corrected chi connectivity index (χ2v) is 6.22. The Bertz CT molecular complexity index is 589. The number of halogens is 1. The SMILES string of the molecule is CC(C)Oc1nc(N)nc(NC(C)c2ccc(Cl)s2)n1. The van der Waals surface area contributed by atoms with Crippen LogP contribution in [0.4, 0.5) is 11.9 Å². The summed E-state index contributed by atoms with van der Waals surface area (Å²) in [4.78, 5) is 13.2. The summed E-state index contributed by atoms with van der Waals surface area (Å²) in [6, 6.07) is 4.04. The van der Waals surface area contributed by atoms with E-state index in [1.165, 1.54) is 11.3 Å². The number of nitrogens with zero attached hydrogens (tertiary/aromatic N) is 3. The topological polar surface area (TPSA) is 86.0 Å². The lowest BCUT2D eigenvalue weighted by atomic mass is 10.3. The van der Waals surface area contributed by atoms with Crippen molar-refractivity contribution in [3.8, 4) is 6.01 Å².